The molecule has 1 atom stereocenters. The third-order valence-electron chi connectivity index (χ3n) is 3.19. The predicted octanol–water partition coefficient (Wildman–Crippen LogP) is 2.52. The molecule has 0 aliphatic heterocycles. The summed E-state index contributed by atoms with van der Waals surface area (Å²) in [7, 11) is 0. The molecule has 18 heavy (non-hydrogen) atoms. The van der Waals surface area contributed by atoms with Gasteiger partial charge in [0.25, 0.3) is 0 Å². The summed E-state index contributed by atoms with van der Waals surface area (Å²) >= 11 is 6.12. The molecule has 2 N–H and O–H groups in total. The Kier molecular flexibility index (Phi) is 4.61. The molecule has 0 saturated heterocycles. The van der Waals surface area contributed by atoms with E-state index in [1.54, 1.807) is 0 Å². The van der Waals surface area contributed by atoms with Crippen LogP contribution in [0.2, 0.25) is 5.02 Å². The lowest BCUT2D eigenvalue weighted by Crippen LogP contribution is -2.33. The van der Waals surface area contributed by atoms with Gasteiger partial charge in [0.2, 0.25) is 5.91 Å². The van der Waals surface area contributed by atoms with Crippen LogP contribution in [-0.4, -0.2) is 19.0 Å². The van der Waals surface area contributed by atoms with E-state index in [-0.39, 0.29) is 17.9 Å². The van der Waals surface area contributed by atoms with Gasteiger partial charge in [-0.25, -0.2) is 0 Å². The number of halogens is 1. The minimum atomic E-state index is 0.191. The summed E-state index contributed by atoms with van der Waals surface area (Å²) in [4.78, 5) is 11.4. The highest BCUT2D eigenvalue weighted by molar-refractivity contribution is 6.31. The maximum atomic E-state index is 11.4. The summed E-state index contributed by atoms with van der Waals surface area (Å²) in [5.41, 5.74) is 1.09. The van der Waals surface area contributed by atoms with Crippen molar-refractivity contribution in [2.24, 2.45) is 5.92 Å². The Bertz CT molecular complexity index is 418. The number of nitrogens with one attached hydrogen (secondary N) is 2. The number of hydrogen-bond donors (Lipinski definition) is 2. The fourth-order valence-electron chi connectivity index (χ4n) is 1.90. The minimum Gasteiger partial charge on any atom is -0.355 e. The average molecular weight is 267 g/mol. The lowest BCUT2D eigenvalue weighted by Gasteiger charge is -2.15. The molecule has 0 spiro atoms. The lowest BCUT2D eigenvalue weighted by molar-refractivity contribution is -0.122. The zero-order valence-corrected chi connectivity index (χ0v) is 11.3. The maximum absolute atomic E-state index is 11.4. The monoisotopic (exact) mass is 266 g/mol. The molecule has 1 aliphatic rings. The van der Waals surface area contributed by atoms with Crippen LogP contribution in [0.4, 0.5) is 0 Å². The molecule has 1 aromatic rings. The number of rotatable bonds is 6. The first kappa shape index (κ1) is 13.4. The molecule has 3 nitrogen and oxygen atoms in total. The number of benzene rings is 1. The second-order valence-electron chi connectivity index (χ2n) is 4.76. The van der Waals surface area contributed by atoms with Crippen molar-refractivity contribution in [3.8, 4) is 0 Å². The second-order valence-corrected chi connectivity index (χ2v) is 5.17. The summed E-state index contributed by atoms with van der Waals surface area (Å²) in [5, 5.41) is 7.06. The average Bonchev–Trinajstić information content (AvgIpc) is 3.19. The van der Waals surface area contributed by atoms with Crippen molar-refractivity contribution in [3.05, 3.63) is 34.9 Å². The third kappa shape index (κ3) is 3.72. The van der Waals surface area contributed by atoms with Crippen LogP contribution in [0.3, 0.4) is 0 Å². The molecule has 1 saturated carbocycles. The highest BCUT2D eigenvalue weighted by Gasteiger charge is 2.28. The molecule has 1 amide bonds. The first-order valence-corrected chi connectivity index (χ1v) is 6.82. The third-order valence-corrected chi connectivity index (χ3v) is 3.54. The van der Waals surface area contributed by atoms with Crippen LogP contribution in [-0.2, 0) is 4.79 Å². The van der Waals surface area contributed by atoms with E-state index < -0.39 is 0 Å². The van der Waals surface area contributed by atoms with Gasteiger partial charge in [-0.05, 0) is 31.4 Å². The first-order chi connectivity index (χ1) is 8.68. The van der Waals surface area contributed by atoms with Crippen molar-refractivity contribution in [2.45, 2.75) is 25.8 Å². The standard InChI is InChI=1S/C14H19ClN2O/c1-10(12-4-2-3-5-13(12)15)16-8-9-17-14(18)11-6-7-11/h2-5,10-11,16H,6-9H2,1H3,(H,17,18). The summed E-state index contributed by atoms with van der Waals surface area (Å²) in [6.45, 7) is 3.50. The van der Waals surface area contributed by atoms with Gasteiger partial charge in [-0.1, -0.05) is 29.8 Å². The fourth-order valence-corrected chi connectivity index (χ4v) is 2.20. The van der Waals surface area contributed by atoms with Gasteiger partial charge in [-0.2, -0.15) is 0 Å². The number of carbonyl (C=O) groups is 1. The molecule has 98 valence electrons. The summed E-state index contributed by atoms with van der Waals surface area (Å²) in [6.07, 6.45) is 2.10. The molecular formula is C14H19ClN2O. The van der Waals surface area contributed by atoms with Crippen LogP contribution in [0.1, 0.15) is 31.4 Å². The minimum absolute atomic E-state index is 0.191. The molecule has 0 radical (unpaired) electrons. The van der Waals surface area contributed by atoms with E-state index in [1.165, 1.54) is 0 Å². The Hall–Kier alpha value is -1.06. The van der Waals surface area contributed by atoms with E-state index in [1.807, 2.05) is 24.3 Å². The van der Waals surface area contributed by atoms with Gasteiger partial charge in [0, 0.05) is 30.1 Å². The summed E-state index contributed by atoms with van der Waals surface area (Å²) in [5.74, 6) is 0.480. The van der Waals surface area contributed by atoms with Crippen molar-refractivity contribution in [1.29, 1.82) is 0 Å². The van der Waals surface area contributed by atoms with E-state index in [0.717, 1.165) is 30.0 Å². The van der Waals surface area contributed by atoms with Gasteiger partial charge in [0.1, 0.15) is 0 Å². The lowest BCUT2D eigenvalue weighted by atomic mass is 10.1. The molecule has 0 heterocycles. The van der Waals surface area contributed by atoms with Crippen LogP contribution < -0.4 is 10.6 Å². The Labute approximate surface area is 113 Å². The van der Waals surface area contributed by atoms with Crippen molar-refractivity contribution in [2.75, 3.05) is 13.1 Å². The van der Waals surface area contributed by atoms with Crippen LogP contribution in [0.25, 0.3) is 0 Å². The van der Waals surface area contributed by atoms with Crippen molar-refractivity contribution in [1.82, 2.24) is 10.6 Å². The molecule has 1 fully saturated rings. The Morgan fingerprint density at radius 2 is 2.11 bits per heavy atom. The van der Waals surface area contributed by atoms with E-state index in [9.17, 15) is 4.79 Å². The van der Waals surface area contributed by atoms with E-state index in [4.69, 9.17) is 11.6 Å². The Morgan fingerprint density at radius 1 is 1.39 bits per heavy atom. The molecule has 1 aliphatic carbocycles. The SMILES string of the molecule is CC(NCCNC(=O)C1CC1)c1ccccc1Cl. The molecule has 2 rings (SSSR count). The van der Waals surface area contributed by atoms with Crippen LogP contribution >= 0.6 is 11.6 Å². The van der Waals surface area contributed by atoms with E-state index in [2.05, 4.69) is 17.6 Å². The van der Waals surface area contributed by atoms with Gasteiger partial charge < -0.3 is 10.6 Å². The van der Waals surface area contributed by atoms with Gasteiger partial charge in [0.05, 0.1) is 0 Å². The molecule has 0 bridgehead atoms. The fraction of sp³-hybridized carbons (Fsp3) is 0.500. The summed E-state index contributed by atoms with van der Waals surface area (Å²) < 4.78 is 0. The topological polar surface area (TPSA) is 41.1 Å². The predicted molar refractivity (Wildman–Crippen MR) is 73.6 cm³/mol. The molecule has 1 unspecified atom stereocenters. The number of amides is 1. The van der Waals surface area contributed by atoms with Gasteiger partial charge in [-0.15, -0.1) is 0 Å². The highest BCUT2D eigenvalue weighted by atomic mass is 35.5. The number of hydrogen-bond acceptors (Lipinski definition) is 2. The smallest absolute Gasteiger partial charge is 0.223 e. The van der Waals surface area contributed by atoms with Crippen LogP contribution in [0.15, 0.2) is 24.3 Å². The highest BCUT2D eigenvalue weighted by Crippen LogP contribution is 2.28. The van der Waals surface area contributed by atoms with Gasteiger partial charge in [-0.3, -0.25) is 4.79 Å². The number of carbonyl (C=O) groups excluding carboxylic acids is 1. The van der Waals surface area contributed by atoms with E-state index >= 15 is 0 Å². The maximum Gasteiger partial charge on any atom is 0.223 e. The molecular weight excluding hydrogens is 248 g/mol. The molecule has 1 aromatic carbocycles. The second kappa shape index (κ2) is 6.21. The zero-order valence-electron chi connectivity index (χ0n) is 10.6. The normalized spacial score (nSPS) is 16.3. The Balaban J connectivity index is 1.69. The van der Waals surface area contributed by atoms with Gasteiger partial charge in [0.15, 0.2) is 0 Å². The van der Waals surface area contributed by atoms with E-state index in [0.29, 0.717) is 6.54 Å². The quantitative estimate of drug-likeness (QED) is 0.777. The largest absolute Gasteiger partial charge is 0.355 e. The molecule has 0 aromatic heterocycles. The zero-order chi connectivity index (χ0) is 13.0. The van der Waals surface area contributed by atoms with Crippen LogP contribution in [0, 0.1) is 5.92 Å². The van der Waals surface area contributed by atoms with Crippen molar-refractivity contribution < 1.29 is 4.79 Å². The first-order valence-electron chi connectivity index (χ1n) is 6.44. The van der Waals surface area contributed by atoms with Crippen molar-refractivity contribution >= 4 is 17.5 Å². The summed E-state index contributed by atoms with van der Waals surface area (Å²) in [6, 6.07) is 8.01. The molecule has 4 heteroatoms. The Morgan fingerprint density at radius 3 is 2.78 bits per heavy atom. The van der Waals surface area contributed by atoms with Gasteiger partial charge >= 0.3 is 0 Å². The van der Waals surface area contributed by atoms with Crippen LogP contribution in [0.5, 0.6) is 0 Å². The van der Waals surface area contributed by atoms with Crippen molar-refractivity contribution in [3.63, 3.8) is 0 Å².